The van der Waals surface area contributed by atoms with Crippen LogP contribution >= 0.6 is 0 Å². The number of nitrogens with zero attached hydrogens (tertiary/aromatic N) is 2. The van der Waals surface area contributed by atoms with Crippen LogP contribution in [0.1, 0.15) is 37.9 Å². The van der Waals surface area contributed by atoms with Crippen molar-refractivity contribution in [1.82, 2.24) is 9.55 Å². The van der Waals surface area contributed by atoms with Crippen molar-refractivity contribution >= 4 is 11.6 Å². The molecule has 1 aliphatic rings. The Morgan fingerprint density at radius 2 is 1.93 bits per heavy atom. The lowest BCUT2D eigenvalue weighted by Crippen LogP contribution is -2.46. The highest BCUT2D eigenvalue weighted by atomic mass is 19.4. The van der Waals surface area contributed by atoms with Gasteiger partial charge in [0.15, 0.2) is 5.82 Å². The summed E-state index contributed by atoms with van der Waals surface area (Å²) < 4.78 is 47.3. The van der Waals surface area contributed by atoms with Crippen molar-refractivity contribution in [2.75, 3.05) is 5.32 Å². The van der Waals surface area contributed by atoms with Gasteiger partial charge in [-0.05, 0) is 49.9 Å². The average Bonchev–Trinajstić information content (AvgIpc) is 3.27. The first kappa shape index (κ1) is 20.2. The number of hydrogen-bond acceptors (Lipinski definition) is 4. The topological polar surface area (TPSA) is 76.4 Å². The van der Waals surface area contributed by atoms with Gasteiger partial charge in [0.05, 0.1) is 12.5 Å². The second-order valence-electron chi connectivity index (χ2n) is 6.99. The van der Waals surface area contributed by atoms with Gasteiger partial charge in [-0.25, -0.2) is 4.98 Å². The number of carbonyl (C=O) groups excluding carboxylic acids is 1. The fraction of sp³-hybridized carbons (Fsp3) is 0.474. The fourth-order valence-corrected chi connectivity index (χ4v) is 3.32. The monoisotopic (exact) mass is 397 g/mol. The first-order chi connectivity index (χ1) is 13.2. The highest BCUT2D eigenvalue weighted by Crippen LogP contribution is 2.41. The number of ether oxygens (including phenoxy) is 1. The lowest BCUT2D eigenvalue weighted by Gasteiger charge is -2.29. The maximum Gasteiger partial charge on any atom is 0.425 e. The van der Waals surface area contributed by atoms with Gasteiger partial charge in [0.25, 0.3) is 0 Å². The fourth-order valence-electron chi connectivity index (χ4n) is 3.32. The van der Waals surface area contributed by atoms with E-state index in [1.165, 1.54) is 13.2 Å². The van der Waals surface area contributed by atoms with E-state index in [9.17, 15) is 23.1 Å². The third-order valence-electron chi connectivity index (χ3n) is 4.82. The van der Waals surface area contributed by atoms with Crippen molar-refractivity contribution in [3.8, 4) is 5.75 Å². The molecule has 1 amide bonds. The van der Waals surface area contributed by atoms with Gasteiger partial charge in [-0.1, -0.05) is 0 Å². The van der Waals surface area contributed by atoms with E-state index >= 15 is 0 Å². The van der Waals surface area contributed by atoms with E-state index in [-0.39, 0.29) is 6.10 Å². The Morgan fingerprint density at radius 3 is 2.46 bits per heavy atom. The van der Waals surface area contributed by atoms with Crippen LogP contribution in [-0.4, -0.2) is 32.8 Å². The molecule has 6 nitrogen and oxygen atoms in total. The number of aliphatic hydroxyl groups is 1. The van der Waals surface area contributed by atoms with Crippen molar-refractivity contribution in [2.24, 2.45) is 7.05 Å². The minimum atomic E-state index is -5.07. The zero-order chi connectivity index (χ0) is 20.4. The summed E-state index contributed by atoms with van der Waals surface area (Å²) in [6.07, 6.45) is 0.585. The van der Waals surface area contributed by atoms with Crippen LogP contribution in [0.5, 0.6) is 5.75 Å². The smallest absolute Gasteiger partial charge is 0.425 e. The maximum absolute atomic E-state index is 13.5. The van der Waals surface area contributed by atoms with Gasteiger partial charge < -0.3 is 19.7 Å². The number of aryl methyl sites for hydroxylation is 1. The number of rotatable bonds is 6. The SMILES string of the molecule is Cn1ccnc1C(O)(CC(=O)Nc1ccc(OC2CCCC2)cc1)C(F)(F)F. The zero-order valence-electron chi connectivity index (χ0n) is 15.4. The average molecular weight is 397 g/mol. The lowest BCUT2D eigenvalue weighted by atomic mass is 9.97. The number of hydrogen-bond donors (Lipinski definition) is 2. The Bertz CT molecular complexity index is 814. The summed E-state index contributed by atoms with van der Waals surface area (Å²) in [5.74, 6) is -0.979. The molecule has 1 fully saturated rings. The molecule has 0 saturated heterocycles. The number of amides is 1. The third kappa shape index (κ3) is 4.30. The number of nitrogens with one attached hydrogen (secondary N) is 1. The van der Waals surface area contributed by atoms with Gasteiger partial charge in [0.1, 0.15) is 5.75 Å². The number of alkyl halides is 3. The molecule has 9 heteroatoms. The van der Waals surface area contributed by atoms with Gasteiger partial charge in [0, 0.05) is 25.1 Å². The Labute approximate surface area is 160 Å². The van der Waals surface area contributed by atoms with E-state index in [1.807, 2.05) is 0 Å². The summed E-state index contributed by atoms with van der Waals surface area (Å²) >= 11 is 0. The number of imidazole rings is 1. The van der Waals surface area contributed by atoms with Crippen LogP contribution in [0.4, 0.5) is 18.9 Å². The van der Waals surface area contributed by atoms with Gasteiger partial charge >= 0.3 is 6.18 Å². The van der Waals surface area contributed by atoms with Crippen LogP contribution in [0.3, 0.4) is 0 Å². The minimum absolute atomic E-state index is 0.181. The quantitative estimate of drug-likeness (QED) is 0.782. The summed E-state index contributed by atoms with van der Waals surface area (Å²) in [5.41, 5.74) is -3.07. The Kier molecular flexibility index (Phi) is 5.64. The minimum Gasteiger partial charge on any atom is -0.490 e. The molecule has 0 radical (unpaired) electrons. The molecule has 28 heavy (non-hydrogen) atoms. The normalized spacial score (nSPS) is 17.3. The molecular weight excluding hydrogens is 375 g/mol. The van der Waals surface area contributed by atoms with E-state index < -0.39 is 29.9 Å². The Hall–Kier alpha value is -2.55. The highest BCUT2D eigenvalue weighted by molar-refractivity contribution is 5.91. The van der Waals surface area contributed by atoms with Gasteiger partial charge in [0.2, 0.25) is 11.5 Å². The second kappa shape index (κ2) is 7.83. The van der Waals surface area contributed by atoms with Crippen molar-refractivity contribution < 1.29 is 27.8 Å². The van der Waals surface area contributed by atoms with Crippen LogP contribution < -0.4 is 10.1 Å². The summed E-state index contributed by atoms with van der Waals surface area (Å²) in [7, 11) is 1.32. The van der Waals surface area contributed by atoms with Crippen molar-refractivity contribution in [3.05, 3.63) is 42.5 Å². The van der Waals surface area contributed by atoms with Crippen LogP contribution in [0, 0.1) is 0 Å². The van der Waals surface area contributed by atoms with Crippen molar-refractivity contribution in [2.45, 2.75) is 50.0 Å². The molecule has 1 aliphatic carbocycles. The molecule has 1 heterocycles. The molecule has 1 atom stereocenters. The number of anilines is 1. The first-order valence-corrected chi connectivity index (χ1v) is 9.02. The molecule has 2 aromatic rings. The number of carbonyl (C=O) groups is 1. The summed E-state index contributed by atoms with van der Waals surface area (Å²) in [5, 5.41) is 12.6. The molecular formula is C19H22F3N3O3. The number of aromatic nitrogens is 2. The van der Waals surface area contributed by atoms with Crippen molar-refractivity contribution in [3.63, 3.8) is 0 Å². The predicted octanol–water partition coefficient (Wildman–Crippen LogP) is 3.52. The van der Waals surface area contributed by atoms with Crippen LogP contribution in [0.25, 0.3) is 0 Å². The van der Waals surface area contributed by atoms with Crippen LogP contribution in [0.2, 0.25) is 0 Å². The van der Waals surface area contributed by atoms with E-state index in [4.69, 9.17) is 4.74 Å². The molecule has 1 saturated carbocycles. The number of halogens is 3. The van der Waals surface area contributed by atoms with E-state index in [0.29, 0.717) is 11.4 Å². The second-order valence-corrected chi connectivity index (χ2v) is 6.99. The van der Waals surface area contributed by atoms with E-state index in [0.717, 1.165) is 36.4 Å². The highest BCUT2D eigenvalue weighted by Gasteiger charge is 2.58. The Balaban J connectivity index is 1.67. The molecule has 0 aliphatic heterocycles. The molecule has 1 aromatic heterocycles. The molecule has 2 N–H and O–H groups in total. The summed E-state index contributed by atoms with van der Waals surface area (Å²) in [6.45, 7) is 0. The lowest BCUT2D eigenvalue weighted by molar-refractivity contribution is -0.270. The molecule has 0 bridgehead atoms. The predicted molar refractivity (Wildman–Crippen MR) is 95.7 cm³/mol. The van der Waals surface area contributed by atoms with Gasteiger partial charge in [-0.3, -0.25) is 4.79 Å². The van der Waals surface area contributed by atoms with E-state index in [1.54, 1.807) is 24.3 Å². The van der Waals surface area contributed by atoms with E-state index in [2.05, 4.69) is 10.3 Å². The van der Waals surface area contributed by atoms with Crippen LogP contribution in [0.15, 0.2) is 36.7 Å². The Morgan fingerprint density at radius 1 is 1.29 bits per heavy atom. The molecule has 1 aromatic carbocycles. The zero-order valence-corrected chi connectivity index (χ0v) is 15.4. The third-order valence-corrected chi connectivity index (χ3v) is 4.82. The maximum atomic E-state index is 13.5. The van der Waals surface area contributed by atoms with Crippen molar-refractivity contribution in [1.29, 1.82) is 0 Å². The summed E-state index contributed by atoms with van der Waals surface area (Å²) in [4.78, 5) is 15.8. The van der Waals surface area contributed by atoms with Crippen LogP contribution in [-0.2, 0) is 17.4 Å². The van der Waals surface area contributed by atoms with Gasteiger partial charge in [-0.15, -0.1) is 0 Å². The first-order valence-electron chi connectivity index (χ1n) is 9.02. The molecule has 1 unspecified atom stereocenters. The standard InChI is InChI=1S/C19H22F3N3O3/c1-25-11-10-23-17(25)18(27,19(20,21)22)12-16(26)24-13-6-8-15(9-7-13)28-14-4-2-3-5-14/h6-11,14,27H,2-5,12H2,1H3,(H,24,26). The number of benzene rings is 1. The molecule has 3 rings (SSSR count). The summed E-state index contributed by atoms with van der Waals surface area (Å²) in [6, 6.07) is 6.41. The van der Waals surface area contributed by atoms with Gasteiger partial charge in [-0.2, -0.15) is 13.2 Å². The molecule has 0 spiro atoms. The largest absolute Gasteiger partial charge is 0.490 e. The molecule has 152 valence electrons.